The average molecular weight is 619 g/mol. The average Bonchev–Trinajstić information content (AvgIpc) is 3.67. The van der Waals surface area contributed by atoms with Gasteiger partial charge in [-0.25, -0.2) is 0 Å². The van der Waals surface area contributed by atoms with E-state index in [2.05, 4.69) is 162 Å². The van der Waals surface area contributed by atoms with Gasteiger partial charge in [0.05, 0.1) is 17.6 Å². The Kier molecular flexibility index (Phi) is 6.76. The summed E-state index contributed by atoms with van der Waals surface area (Å²) in [6.45, 7) is 0.620. The summed E-state index contributed by atoms with van der Waals surface area (Å²) >= 11 is 1.86. The van der Waals surface area contributed by atoms with Gasteiger partial charge in [0.15, 0.2) is 0 Å². The Hall–Kier alpha value is -5.77. The number of thiophene rings is 1. The monoisotopic (exact) mass is 618 g/mol. The zero-order valence-electron chi connectivity index (χ0n) is 25.7. The lowest BCUT2D eigenvalue weighted by atomic mass is 10.0. The number of para-hydroxylation sites is 1. The summed E-state index contributed by atoms with van der Waals surface area (Å²) in [6, 6.07) is 59.1. The number of rotatable bonds is 6. The molecule has 0 aliphatic heterocycles. The van der Waals surface area contributed by atoms with Gasteiger partial charge in [-0.2, -0.15) is 0 Å². The van der Waals surface area contributed by atoms with Crippen molar-refractivity contribution in [1.29, 1.82) is 0 Å². The minimum atomic E-state index is 0.620. The molecule has 9 aromatic rings. The lowest BCUT2D eigenvalue weighted by Crippen LogP contribution is -1.95. The van der Waals surface area contributed by atoms with Gasteiger partial charge < -0.3 is 4.57 Å². The van der Waals surface area contributed by atoms with Crippen LogP contribution in [0.5, 0.6) is 0 Å². The molecule has 0 aliphatic carbocycles. The van der Waals surface area contributed by atoms with Crippen LogP contribution in [0.4, 0.5) is 0 Å². The second-order valence-corrected chi connectivity index (χ2v) is 13.1. The maximum absolute atomic E-state index is 4.81. The van der Waals surface area contributed by atoms with E-state index in [9.17, 15) is 0 Å². The minimum Gasteiger partial charge on any atom is -0.309 e. The third-order valence-corrected chi connectivity index (χ3v) is 10.2. The van der Waals surface area contributed by atoms with E-state index in [0.29, 0.717) is 6.54 Å². The molecule has 222 valence electrons. The molecule has 0 unspecified atom stereocenters. The van der Waals surface area contributed by atoms with Crippen LogP contribution in [0, 0.1) is 0 Å². The van der Waals surface area contributed by atoms with Crippen LogP contribution >= 0.6 is 11.3 Å². The van der Waals surface area contributed by atoms with Gasteiger partial charge in [0.25, 0.3) is 0 Å². The number of aliphatic imine (C=N–C) groups is 1. The second kappa shape index (κ2) is 11.5. The first kappa shape index (κ1) is 27.5. The zero-order valence-corrected chi connectivity index (χ0v) is 26.5. The van der Waals surface area contributed by atoms with E-state index in [1.165, 1.54) is 69.8 Å². The summed E-state index contributed by atoms with van der Waals surface area (Å²) in [6.07, 6.45) is 1.97. The van der Waals surface area contributed by atoms with Gasteiger partial charge in [0, 0.05) is 42.8 Å². The van der Waals surface area contributed by atoms with Crippen molar-refractivity contribution in [1.82, 2.24) is 4.57 Å². The molecule has 2 heterocycles. The first-order chi connectivity index (χ1) is 23.3. The van der Waals surface area contributed by atoms with Crippen LogP contribution in [0.2, 0.25) is 0 Å². The van der Waals surface area contributed by atoms with Crippen LogP contribution in [0.3, 0.4) is 0 Å². The van der Waals surface area contributed by atoms with E-state index in [1.807, 2.05) is 23.6 Å². The molecule has 0 spiro atoms. The highest BCUT2D eigenvalue weighted by atomic mass is 32.1. The smallest absolute Gasteiger partial charge is 0.0640 e. The van der Waals surface area contributed by atoms with Crippen molar-refractivity contribution in [3.63, 3.8) is 0 Å². The van der Waals surface area contributed by atoms with Gasteiger partial charge in [0.2, 0.25) is 0 Å². The molecule has 0 N–H and O–H groups in total. The Labute approximate surface area is 277 Å². The SMILES string of the molecule is C(=NCc1cccc(-n2c3ccccc3c3cc(-c4ccc5sc6ccccc6c5c4)ccc32)c1)c1ccc(-c2ccccc2)cc1. The van der Waals surface area contributed by atoms with Crippen LogP contribution in [-0.4, -0.2) is 10.8 Å². The number of fused-ring (bicyclic) bond motifs is 6. The normalized spacial score (nSPS) is 11.8. The number of nitrogens with zero attached hydrogens (tertiary/aromatic N) is 2. The highest BCUT2D eigenvalue weighted by molar-refractivity contribution is 7.25. The summed E-state index contributed by atoms with van der Waals surface area (Å²) in [5, 5.41) is 5.18. The van der Waals surface area contributed by atoms with Crippen molar-refractivity contribution < 1.29 is 0 Å². The van der Waals surface area contributed by atoms with Gasteiger partial charge >= 0.3 is 0 Å². The highest BCUT2D eigenvalue weighted by Gasteiger charge is 2.14. The molecule has 0 saturated carbocycles. The fourth-order valence-electron chi connectivity index (χ4n) is 6.78. The first-order valence-electron chi connectivity index (χ1n) is 16.0. The van der Waals surface area contributed by atoms with E-state index < -0.39 is 0 Å². The maximum atomic E-state index is 4.81. The highest BCUT2D eigenvalue weighted by Crippen LogP contribution is 2.39. The van der Waals surface area contributed by atoms with Gasteiger partial charge in [-0.1, -0.05) is 115 Å². The van der Waals surface area contributed by atoms with Crippen molar-refractivity contribution in [3.05, 3.63) is 175 Å². The number of hydrogen-bond donors (Lipinski definition) is 0. The Bertz CT molecular complexity index is 2590. The largest absolute Gasteiger partial charge is 0.309 e. The molecule has 2 aromatic heterocycles. The summed E-state index contributed by atoms with van der Waals surface area (Å²) in [5.74, 6) is 0. The van der Waals surface area contributed by atoms with Crippen LogP contribution in [0.15, 0.2) is 169 Å². The van der Waals surface area contributed by atoms with Crippen LogP contribution in [0.25, 0.3) is 69.9 Å². The quantitative estimate of drug-likeness (QED) is 0.165. The van der Waals surface area contributed by atoms with E-state index in [4.69, 9.17) is 4.99 Å². The molecular formula is C44H30N2S. The topological polar surface area (TPSA) is 17.3 Å². The number of benzene rings is 7. The predicted octanol–water partition coefficient (Wildman–Crippen LogP) is 12.1. The molecule has 3 heteroatoms. The summed E-state index contributed by atoms with van der Waals surface area (Å²) in [4.78, 5) is 4.81. The van der Waals surface area contributed by atoms with E-state index in [0.717, 1.165) is 11.3 Å². The molecule has 9 rings (SSSR count). The summed E-state index contributed by atoms with van der Waals surface area (Å²) < 4.78 is 5.06. The van der Waals surface area contributed by atoms with Gasteiger partial charge in [-0.3, -0.25) is 4.99 Å². The molecule has 0 atom stereocenters. The molecule has 47 heavy (non-hydrogen) atoms. The Morgan fingerprint density at radius 1 is 0.468 bits per heavy atom. The fourth-order valence-corrected chi connectivity index (χ4v) is 7.87. The van der Waals surface area contributed by atoms with Crippen LogP contribution < -0.4 is 0 Å². The zero-order chi connectivity index (χ0) is 31.2. The maximum Gasteiger partial charge on any atom is 0.0640 e. The van der Waals surface area contributed by atoms with E-state index in [-0.39, 0.29) is 0 Å². The van der Waals surface area contributed by atoms with E-state index >= 15 is 0 Å². The molecule has 0 bridgehead atoms. The molecule has 0 saturated heterocycles. The third kappa shape index (κ3) is 5.02. The molecule has 7 aromatic carbocycles. The minimum absolute atomic E-state index is 0.620. The Balaban J connectivity index is 1.04. The Morgan fingerprint density at radius 3 is 2.00 bits per heavy atom. The first-order valence-corrected chi connectivity index (χ1v) is 16.8. The second-order valence-electron chi connectivity index (χ2n) is 12.0. The fraction of sp³-hybridized carbons (Fsp3) is 0.0227. The van der Waals surface area contributed by atoms with Gasteiger partial charge in [0.1, 0.15) is 0 Å². The lowest BCUT2D eigenvalue weighted by Gasteiger charge is -2.10. The standard InChI is InChI=1S/C44H30N2S/c1-2-10-32(11-3-1)33-19-17-30(18-20-33)28-45-29-31-9-8-12-36(25-31)46-41-15-6-4-13-37(41)39-26-34(21-23-42(39)46)35-22-24-44-40(27-35)38-14-5-7-16-43(38)47-44/h1-28H,29H2. The van der Waals surface area contributed by atoms with Crippen molar-refractivity contribution in [3.8, 4) is 27.9 Å². The van der Waals surface area contributed by atoms with Crippen molar-refractivity contribution in [2.24, 2.45) is 4.99 Å². The molecule has 2 nitrogen and oxygen atoms in total. The number of hydrogen-bond acceptors (Lipinski definition) is 2. The van der Waals surface area contributed by atoms with Crippen molar-refractivity contribution >= 4 is 59.5 Å². The molecule has 0 fully saturated rings. The summed E-state index contributed by atoms with van der Waals surface area (Å²) in [5.41, 5.74) is 10.8. The number of aromatic nitrogens is 1. The van der Waals surface area contributed by atoms with Gasteiger partial charge in [-0.05, 0) is 81.9 Å². The van der Waals surface area contributed by atoms with Gasteiger partial charge in [-0.15, -0.1) is 11.3 Å². The van der Waals surface area contributed by atoms with Crippen LogP contribution in [-0.2, 0) is 6.54 Å². The lowest BCUT2D eigenvalue weighted by molar-refractivity contribution is 1.06. The van der Waals surface area contributed by atoms with E-state index in [1.54, 1.807) is 0 Å². The van der Waals surface area contributed by atoms with Crippen molar-refractivity contribution in [2.75, 3.05) is 0 Å². The molecule has 0 radical (unpaired) electrons. The Morgan fingerprint density at radius 2 is 1.13 bits per heavy atom. The van der Waals surface area contributed by atoms with Crippen LogP contribution in [0.1, 0.15) is 11.1 Å². The predicted molar refractivity (Wildman–Crippen MR) is 202 cm³/mol. The third-order valence-electron chi connectivity index (χ3n) is 9.08. The molecular weight excluding hydrogens is 589 g/mol. The molecule has 0 amide bonds. The van der Waals surface area contributed by atoms with Crippen molar-refractivity contribution in [2.45, 2.75) is 6.54 Å². The molecule has 0 aliphatic rings. The summed E-state index contributed by atoms with van der Waals surface area (Å²) in [7, 11) is 0.